The van der Waals surface area contributed by atoms with Crippen LogP contribution in [-0.2, 0) is 13.1 Å². The van der Waals surface area contributed by atoms with Crippen molar-refractivity contribution in [2.24, 2.45) is 17.8 Å². The fourth-order valence-electron chi connectivity index (χ4n) is 7.03. The summed E-state index contributed by atoms with van der Waals surface area (Å²) in [7, 11) is 1.94. The summed E-state index contributed by atoms with van der Waals surface area (Å²) in [5, 5.41) is 0. The quantitative estimate of drug-likeness (QED) is 0.238. The summed E-state index contributed by atoms with van der Waals surface area (Å²) in [6.07, 6.45) is 11.5. The van der Waals surface area contributed by atoms with E-state index < -0.39 is 0 Å². The molecule has 0 bridgehead atoms. The number of benzene rings is 3. The number of nitrogens with zero attached hydrogens (tertiary/aromatic N) is 3. The van der Waals surface area contributed by atoms with Gasteiger partial charge in [0.15, 0.2) is 0 Å². The Balaban J connectivity index is 1.19. The SMILES string of the molecule is CN(C(=O)N(CC1CCCCC1)CC1CCC(CN(Cc2ccccc2)Cc2ccccc2)CC1)c1ccccc1. The van der Waals surface area contributed by atoms with Crippen LogP contribution in [0.15, 0.2) is 91.0 Å². The summed E-state index contributed by atoms with van der Waals surface area (Å²) in [4.78, 5) is 20.5. The Hall–Kier alpha value is -3.11. The Bertz CT molecular complexity index is 1110. The number of carbonyl (C=O) groups excluding carboxylic acids is 1. The molecule has 0 unspecified atom stereocenters. The highest BCUT2D eigenvalue weighted by molar-refractivity contribution is 5.91. The van der Waals surface area contributed by atoms with Gasteiger partial charge in [0.05, 0.1) is 0 Å². The Morgan fingerprint density at radius 2 is 1.02 bits per heavy atom. The van der Waals surface area contributed by atoms with Crippen molar-refractivity contribution in [3.05, 3.63) is 102 Å². The highest BCUT2D eigenvalue weighted by Gasteiger charge is 2.29. The van der Waals surface area contributed by atoms with Gasteiger partial charge in [0.2, 0.25) is 0 Å². The monoisotopic (exact) mass is 551 g/mol. The van der Waals surface area contributed by atoms with Gasteiger partial charge in [-0.3, -0.25) is 9.80 Å². The van der Waals surface area contributed by atoms with Crippen molar-refractivity contribution < 1.29 is 4.79 Å². The predicted octanol–water partition coefficient (Wildman–Crippen LogP) is 8.63. The first kappa shape index (κ1) is 29.4. The van der Waals surface area contributed by atoms with E-state index in [-0.39, 0.29) is 6.03 Å². The molecule has 5 rings (SSSR count). The third-order valence-corrected chi connectivity index (χ3v) is 9.36. The Labute approximate surface area is 248 Å². The molecule has 0 aromatic heterocycles. The van der Waals surface area contributed by atoms with Gasteiger partial charge < -0.3 is 4.90 Å². The zero-order valence-corrected chi connectivity index (χ0v) is 25.0. The van der Waals surface area contributed by atoms with E-state index in [9.17, 15) is 4.79 Å². The maximum atomic E-state index is 13.8. The molecule has 0 heterocycles. The second-order valence-electron chi connectivity index (χ2n) is 12.6. The van der Waals surface area contributed by atoms with Crippen molar-refractivity contribution in [3.63, 3.8) is 0 Å². The van der Waals surface area contributed by atoms with Crippen molar-refractivity contribution in [1.82, 2.24) is 9.80 Å². The standard InChI is InChI=1S/C37H49N3O/c1-38(36-20-12-5-13-21-36)37(41)40(29-33-18-10-4-11-19-33)30-35-24-22-34(23-25-35)28-39(26-31-14-6-2-7-15-31)27-32-16-8-3-9-17-32/h2-3,5-9,12-17,20-21,33-35H,4,10-11,18-19,22-30H2,1H3. The molecule has 41 heavy (non-hydrogen) atoms. The van der Waals surface area contributed by atoms with Crippen LogP contribution >= 0.6 is 0 Å². The molecular weight excluding hydrogens is 502 g/mol. The molecule has 0 aliphatic heterocycles. The van der Waals surface area contributed by atoms with E-state index in [0.717, 1.165) is 38.4 Å². The molecule has 0 spiro atoms. The molecule has 0 radical (unpaired) electrons. The minimum atomic E-state index is 0.167. The Kier molecular flexibility index (Phi) is 10.9. The number of amides is 2. The molecule has 3 aromatic rings. The molecule has 4 nitrogen and oxygen atoms in total. The molecule has 2 saturated carbocycles. The normalized spacial score (nSPS) is 19.7. The number of para-hydroxylation sites is 1. The van der Waals surface area contributed by atoms with Gasteiger partial charge in [-0.25, -0.2) is 4.79 Å². The summed E-state index contributed by atoms with van der Waals surface area (Å²) in [5.41, 5.74) is 3.75. The van der Waals surface area contributed by atoms with E-state index in [0.29, 0.717) is 17.8 Å². The summed E-state index contributed by atoms with van der Waals surface area (Å²) in [5.74, 6) is 1.96. The van der Waals surface area contributed by atoms with E-state index >= 15 is 0 Å². The molecule has 218 valence electrons. The van der Waals surface area contributed by atoms with Crippen LogP contribution in [0.3, 0.4) is 0 Å². The predicted molar refractivity (Wildman–Crippen MR) is 171 cm³/mol. The molecule has 4 heteroatoms. The topological polar surface area (TPSA) is 26.8 Å². The highest BCUT2D eigenvalue weighted by atomic mass is 16.2. The van der Waals surface area contributed by atoms with Crippen LogP contribution in [0.2, 0.25) is 0 Å². The molecule has 3 aromatic carbocycles. The van der Waals surface area contributed by atoms with Crippen LogP contribution in [0.25, 0.3) is 0 Å². The number of urea groups is 1. The maximum Gasteiger partial charge on any atom is 0.324 e. The highest BCUT2D eigenvalue weighted by Crippen LogP contribution is 2.32. The minimum Gasteiger partial charge on any atom is -0.324 e. The smallest absolute Gasteiger partial charge is 0.324 e. The average molecular weight is 552 g/mol. The van der Waals surface area contributed by atoms with Gasteiger partial charge in [0.1, 0.15) is 0 Å². The number of hydrogen-bond acceptors (Lipinski definition) is 2. The van der Waals surface area contributed by atoms with Crippen molar-refractivity contribution in [1.29, 1.82) is 0 Å². The second kappa shape index (κ2) is 15.2. The molecule has 2 fully saturated rings. The summed E-state index contributed by atoms with van der Waals surface area (Å²) in [6, 6.07) is 32.1. The first-order valence-electron chi connectivity index (χ1n) is 16.0. The summed E-state index contributed by atoms with van der Waals surface area (Å²) >= 11 is 0. The number of anilines is 1. The van der Waals surface area contributed by atoms with Gasteiger partial charge in [-0.05, 0) is 79.5 Å². The van der Waals surface area contributed by atoms with E-state index in [2.05, 4.69) is 70.5 Å². The lowest BCUT2D eigenvalue weighted by Gasteiger charge is -2.38. The average Bonchev–Trinajstić information content (AvgIpc) is 3.03. The molecule has 0 saturated heterocycles. The second-order valence-corrected chi connectivity index (χ2v) is 12.6. The third kappa shape index (κ3) is 8.94. The molecule has 2 amide bonds. The van der Waals surface area contributed by atoms with Gasteiger partial charge in [0, 0.05) is 45.5 Å². The van der Waals surface area contributed by atoms with Crippen molar-refractivity contribution in [3.8, 4) is 0 Å². The van der Waals surface area contributed by atoms with E-state index in [1.807, 2.05) is 42.3 Å². The van der Waals surface area contributed by atoms with Crippen LogP contribution < -0.4 is 4.90 Å². The van der Waals surface area contributed by atoms with Crippen molar-refractivity contribution in [2.45, 2.75) is 70.9 Å². The Morgan fingerprint density at radius 3 is 1.54 bits per heavy atom. The first-order valence-corrected chi connectivity index (χ1v) is 16.0. The molecule has 2 aliphatic carbocycles. The number of hydrogen-bond donors (Lipinski definition) is 0. The van der Waals surface area contributed by atoms with E-state index in [1.165, 1.54) is 68.9 Å². The van der Waals surface area contributed by atoms with Crippen LogP contribution in [0, 0.1) is 17.8 Å². The van der Waals surface area contributed by atoms with E-state index in [4.69, 9.17) is 0 Å². The Morgan fingerprint density at radius 1 is 0.585 bits per heavy atom. The van der Waals surface area contributed by atoms with Crippen LogP contribution in [0.4, 0.5) is 10.5 Å². The lowest BCUT2D eigenvalue weighted by molar-refractivity contribution is 0.138. The lowest BCUT2D eigenvalue weighted by Crippen LogP contribution is -2.46. The number of rotatable bonds is 11. The molecular formula is C37H49N3O. The zero-order valence-electron chi connectivity index (χ0n) is 25.0. The minimum absolute atomic E-state index is 0.167. The van der Waals surface area contributed by atoms with Crippen molar-refractivity contribution >= 4 is 11.7 Å². The summed E-state index contributed by atoms with van der Waals surface area (Å²) < 4.78 is 0. The lowest BCUT2D eigenvalue weighted by atomic mass is 9.81. The first-order chi connectivity index (χ1) is 20.1. The van der Waals surface area contributed by atoms with E-state index in [1.54, 1.807) is 0 Å². The van der Waals surface area contributed by atoms with Crippen LogP contribution in [0.5, 0.6) is 0 Å². The van der Waals surface area contributed by atoms with Gasteiger partial charge in [-0.1, -0.05) is 98.1 Å². The van der Waals surface area contributed by atoms with Crippen LogP contribution in [0.1, 0.15) is 68.9 Å². The summed E-state index contributed by atoms with van der Waals surface area (Å²) in [6.45, 7) is 4.93. The van der Waals surface area contributed by atoms with Crippen molar-refractivity contribution in [2.75, 3.05) is 31.6 Å². The fraction of sp³-hybridized carbons (Fsp3) is 0.486. The largest absolute Gasteiger partial charge is 0.324 e. The maximum absolute atomic E-state index is 13.8. The van der Waals surface area contributed by atoms with Gasteiger partial charge in [-0.15, -0.1) is 0 Å². The zero-order chi connectivity index (χ0) is 28.3. The molecule has 2 aliphatic rings. The van der Waals surface area contributed by atoms with Gasteiger partial charge in [0.25, 0.3) is 0 Å². The fourth-order valence-corrected chi connectivity index (χ4v) is 7.03. The van der Waals surface area contributed by atoms with Gasteiger partial charge in [-0.2, -0.15) is 0 Å². The van der Waals surface area contributed by atoms with Gasteiger partial charge >= 0.3 is 6.03 Å². The third-order valence-electron chi connectivity index (χ3n) is 9.36. The molecule has 0 N–H and O–H groups in total. The molecule has 0 atom stereocenters. The number of carbonyl (C=O) groups is 1. The van der Waals surface area contributed by atoms with Crippen LogP contribution in [-0.4, -0.2) is 42.5 Å².